The third kappa shape index (κ3) is 3.77. The first-order valence-electron chi connectivity index (χ1n) is 5.42. The Labute approximate surface area is 118 Å². The van der Waals surface area contributed by atoms with Gasteiger partial charge in [0.1, 0.15) is 12.1 Å². The van der Waals surface area contributed by atoms with Crippen LogP contribution in [0.5, 0.6) is 0 Å². The van der Waals surface area contributed by atoms with Gasteiger partial charge in [-0.15, -0.1) is 10.2 Å². The van der Waals surface area contributed by atoms with Crippen molar-refractivity contribution in [3.05, 3.63) is 35.8 Å². The number of para-hydroxylation sites is 1. The Hall–Kier alpha value is -1.91. The number of rotatable bonds is 5. The van der Waals surface area contributed by atoms with Crippen LogP contribution in [-0.2, 0) is 4.79 Å². The largest absolute Gasteiger partial charge is 0.298 e. The molecule has 2 rings (SSSR count). The first kappa shape index (κ1) is 13.5. The predicted molar refractivity (Wildman–Crippen MR) is 75.0 cm³/mol. The number of aromatic nitrogens is 2. The summed E-state index contributed by atoms with van der Waals surface area (Å²) in [5.74, 6) is 0.124. The fourth-order valence-electron chi connectivity index (χ4n) is 1.43. The number of amides is 1. The summed E-state index contributed by atoms with van der Waals surface area (Å²) in [5, 5.41) is 16.4. The molecule has 0 N–H and O–H groups in total. The van der Waals surface area contributed by atoms with Crippen molar-refractivity contribution in [2.75, 3.05) is 17.2 Å². The van der Waals surface area contributed by atoms with Gasteiger partial charge in [-0.2, -0.15) is 5.26 Å². The highest BCUT2D eigenvalue weighted by Gasteiger charge is 2.15. The fourth-order valence-corrected chi connectivity index (χ4v) is 2.79. The van der Waals surface area contributed by atoms with Crippen LogP contribution in [0, 0.1) is 11.3 Å². The summed E-state index contributed by atoms with van der Waals surface area (Å²) in [6, 6.07) is 11.2. The van der Waals surface area contributed by atoms with E-state index in [-0.39, 0.29) is 18.2 Å². The number of nitrogens with zero attached hydrogens (tertiary/aromatic N) is 4. The number of hydrogen-bond acceptors (Lipinski definition) is 6. The second-order valence-corrected chi connectivity index (χ2v) is 5.52. The van der Waals surface area contributed by atoms with Gasteiger partial charge in [0.25, 0.3) is 0 Å². The molecule has 1 amide bonds. The van der Waals surface area contributed by atoms with Crippen molar-refractivity contribution in [2.45, 2.75) is 4.34 Å². The zero-order chi connectivity index (χ0) is 13.5. The first-order valence-corrected chi connectivity index (χ1v) is 7.29. The monoisotopic (exact) mass is 290 g/mol. The van der Waals surface area contributed by atoms with Crippen molar-refractivity contribution in [3.8, 4) is 6.07 Å². The summed E-state index contributed by atoms with van der Waals surface area (Å²) >= 11 is 2.72. The SMILES string of the molecule is N#CCN(C(=O)CSc1nncs1)c1ccccc1. The predicted octanol–water partition coefficient (Wildman–Crippen LogP) is 2.19. The van der Waals surface area contributed by atoms with Crippen LogP contribution in [0.25, 0.3) is 0 Å². The topological polar surface area (TPSA) is 69.9 Å². The summed E-state index contributed by atoms with van der Waals surface area (Å²) in [4.78, 5) is 13.6. The maximum atomic E-state index is 12.1. The van der Waals surface area contributed by atoms with E-state index in [0.717, 1.165) is 10.0 Å². The number of carbonyl (C=O) groups is 1. The number of hydrogen-bond donors (Lipinski definition) is 0. The zero-order valence-electron chi connectivity index (χ0n) is 9.89. The Morgan fingerprint density at radius 1 is 1.42 bits per heavy atom. The van der Waals surface area contributed by atoms with Gasteiger partial charge >= 0.3 is 0 Å². The van der Waals surface area contributed by atoms with E-state index in [9.17, 15) is 4.79 Å². The minimum Gasteiger partial charge on any atom is -0.298 e. The van der Waals surface area contributed by atoms with E-state index < -0.39 is 0 Å². The van der Waals surface area contributed by atoms with Gasteiger partial charge in [-0.05, 0) is 12.1 Å². The average molecular weight is 290 g/mol. The highest BCUT2D eigenvalue weighted by Crippen LogP contribution is 2.21. The summed E-state index contributed by atoms with van der Waals surface area (Å²) in [6.07, 6.45) is 0. The minimum absolute atomic E-state index is 0.0412. The van der Waals surface area contributed by atoms with Crippen molar-refractivity contribution in [1.82, 2.24) is 10.2 Å². The van der Waals surface area contributed by atoms with Crippen molar-refractivity contribution in [3.63, 3.8) is 0 Å². The molecule has 1 aromatic heterocycles. The smallest absolute Gasteiger partial charge is 0.238 e. The zero-order valence-corrected chi connectivity index (χ0v) is 11.5. The molecule has 5 nitrogen and oxygen atoms in total. The van der Waals surface area contributed by atoms with Crippen LogP contribution in [0.4, 0.5) is 5.69 Å². The molecule has 0 spiro atoms. The van der Waals surface area contributed by atoms with Crippen LogP contribution in [-0.4, -0.2) is 28.4 Å². The van der Waals surface area contributed by atoms with Crippen LogP contribution in [0.2, 0.25) is 0 Å². The van der Waals surface area contributed by atoms with Gasteiger partial charge in [-0.3, -0.25) is 9.69 Å². The van der Waals surface area contributed by atoms with Crippen LogP contribution >= 0.6 is 23.1 Å². The maximum Gasteiger partial charge on any atom is 0.238 e. The van der Waals surface area contributed by atoms with E-state index >= 15 is 0 Å². The lowest BCUT2D eigenvalue weighted by atomic mass is 10.3. The maximum absolute atomic E-state index is 12.1. The Bertz CT molecular complexity index is 565. The van der Waals surface area contributed by atoms with Gasteiger partial charge in [-0.25, -0.2) is 0 Å². The molecule has 0 unspecified atom stereocenters. The van der Waals surface area contributed by atoms with E-state index in [1.54, 1.807) is 5.51 Å². The molecule has 7 heteroatoms. The lowest BCUT2D eigenvalue weighted by molar-refractivity contribution is -0.116. The number of anilines is 1. The summed E-state index contributed by atoms with van der Waals surface area (Å²) < 4.78 is 0.748. The normalized spacial score (nSPS) is 9.84. The second-order valence-electron chi connectivity index (χ2n) is 3.47. The molecule has 0 aliphatic carbocycles. The molecule has 0 radical (unpaired) electrons. The van der Waals surface area contributed by atoms with Gasteiger partial charge in [0.05, 0.1) is 11.8 Å². The van der Waals surface area contributed by atoms with E-state index in [2.05, 4.69) is 10.2 Å². The molecule has 0 bridgehead atoms. The van der Waals surface area contributed by atoms with Crippen LogP contribution in [0.15, 0.2) is 40.2 Å². The number of thioether (sulfide) groups is 1. The highest BCUT2D eigenvalue weighted by molar-refractivity contribution is 8.01. The average Bonchev–Trinajstić information content (AvgIpc) is 2.96. The van der Waals surface area contributed by atoms with Crippen LogP contribution in [0.3, 0.4) is 0 Å². The molecule has 0 atom stereocenters. The molecule has 96 valence electrons. The van der Waals surface area contributed by atoms with Gasteiger partial charge in [0, 0.05) is 5.69 Å². The molecule has 0 saturated carbocycles. The van der Waals surface area contributed by atoms with Crippen molar-refractivity contribution in [1.29, 1.82) is 5.26 Å². The van der Waals surface area contributed by atoms with Gasteiger partial charge in [0.15, 0.2) is 4.34 Å². The lowest BCUT2D eigenvalue weighted by Gasteiger charge is -2.19. The molecule has 2 aromatic rings. The molecule has 0 saturated heterocycles. The Morgan fingerprint density at radius 3 is 2.84 bits per heavy atom. The van der Waals surface area contributed by atoms with Crippen LogP contribution < -0.4 is 4.90 Å². The standard InChI is InChI=1S/C12H10N4OS2/c13-6-7-16(10-4-2-1-3-5-10)11(17)8-18-12-15-14-9-19-12/h1-5,9H,7-8H2. The molecular formula is C12H10N4OS2. The fraction of sp³-hybridized carbons (Fsp3) is 0.167. The van der Waals surface area contributed by atoms with Gasteiger partial charge in [0.2, 0.25) is 5.91 Å². The molecule has 1 heterocycles. The first-order chi connectivity index (χ1) is 9.31. The molecule has 0 fully saturated rings. The third-order valence-corrected chi connectivity index (χ3v) is 4.10. The summed E-state index contributed by atoms with van der Waals surface area (Å²) in [6.45, 7) is 0.0412. The van der Waals surface area contributed by atoms with Gasteiger partial charge in [-0.1, -0.05) is 41.3 Å². The Morgan fingerprint density at radius 2 is 2.21 bits per heavy atom. The Kier molecular flexibility index (Phi) is 4.89. The van der Waals surface area contributed by atoms with Gasteiger partial charge < -0.3 is 0 Å². The molecule has 0 aliphatic heterocycles. The minimum atomic E-state index is -0.118. The lowest BCUT2D eigenvalue weighted by Crippen LogP contribution is -2.32. The van der Waals surface area contributed by atoms with Crippen molar-refractivity contribution in [2.24, 2.45) is 0 Å². The van der Waals surface area contributed by atoms with Crippen molar-refractivity contribution >= 4 is 34.7 Å². The van der Waals surface area contributed by atoms with E-state index in [4.69, 9.17) is 5.26 Å². The summed E-state index contributed by atoms with van der Waals surface area (Å²) in [7, 11) is 0. The van der Waals surface area contributed by atoms with E-state index in [1.807, 2.05) is 36.4 Å². The number of carbonyl (C=O) groups excluding carboxylic acids is 1. The molecular weight excluding hydrogens is 280 g/mol. The second kappa shape index (κ2) is 6.87. The summed E-state index contributed by atoms with van der Waals surface area (Å²) in [5.41, 5.74) is 2.35. The molecule has 19 heavy (non-hydrogen) atoms. The van der Waals surface area contributed by atoms with E-state index in [1.165, 1.54) is 28.0 Å². The molecule has 0 aliphatic rings. The highest BCUT2D eigenvalue weighted by atomic mass is 32.2. The third-order valence-electron chi connectivity index (χ3n) is 2.26. The molecule has 1 aromatic carbocycles. The van der Waals surface area contributed by atoms with Crippen LogP contribution in [0.1, 0.15) is 0 Å². The van der Waals surface area contributed by atoms with E-state index in [0.29, 0.717) is 0 Å². The van der Waals surface area contributed by atoms with Crippen molar-refractivity contribution < 1.29 is 4.79 Å². The Balaban J connectivity index is 2.03. The number of nitriles is 1. The quantitative estimate of drug-likeness (QED) is 0.623. The number of benzene rings is 1.